The first-order valence-electron chi connectivity index (χ1n) is 8.97. The van der Waals surface area contributed by atoms with Crippen LogP contribution in [0.25, 0.3) is 0 Å². The zero-order valence-electron chi connectivity index (χ0n) is 14.3. The van der Waals surface area contributed by atoms with Crippen LogP contribution in [0.2, 0.25) is 0 Å². The number of piperidine rings is 1. The van der Waals surface area contributed by atoms with Crippen molar-refractivity contribution in [2.45, 2.75) is 38.7 Å². The van der Waals surface area contributed by atoms with Crippen LogP contribution < -0.4 is 4.90 Å². The van der Waals surface area contributed by atoms with Gasteiger partial charge in [-0.1, -0.05) is 18.2 Å². The van der Waals surface area contributed by atoms with Gasteiger partial charge in [0.25, 0.3) is 5.91 Å². The summed E-state index contributed by atoms with van der Waals surface area (Å²) >= 11 is 0. The van der Waals surface area contributed by atoms with Crippen LogP contribution in [0.4, 0.5) is 5.69 Å². The summed E-state index contributed by atoms with van der Waals surface area (Å²) in [5.41, 5.74) is 0.947. The normalized spacial score (nSPS) is 21.7. The van der Waals surface area contributed by atoms with Gasteiger partial charge in [0.1, 0.15) is 6.10 Å². The molecule has 1 aromatic rings. The van der Waals surface area contributed by atoms with E-state index in [9.17, 15) is 9.59 Å². The molecule has 0 bridgehead atoms. The quantitative estimate of drug-likeness (QED) is 0.852. The molecule has 5 heteroatoms. The van der Waals surface area contributed by atoms with E-state index in [2.05, 4.69) is 0 Å². The standard InChI is InChI=1S/C19H26N2O3/c1-2-21(16-7-4-3-5-8-16)18(22)15-10-12-20(13-11-15)19(23)17-9-6-14-24-17/h3-5,7-8,15,17H,2,6,9-14H2,1H3. The van der Waals surface area contributed by atoms with Gasteiger partial charge < -0.3 is 14.5 Å². The fourth-order valence-corrected chi connectivity index (χ4v) is 3.62. The van der Waals surface area contributed by atoms with Crippen LogP contribution in [-0.4, -0.2) is 49.1 Å². The van der Waals surface area contributed by atoms with E-state index >= 15 is 0 Å². The van der Waals surface area contributed by atoms with E-state index in [1.54, 1.807) is 0 Å². The fourth-order valence-electron chi connectivity index (χ4n) is 3.62. The molecule has 2 heterocycles. The Balaban J connectivity index is 1.57. The highest BCUT2D eigenvalue weighted by atomic mass is 16.5. The van der Waals surface area contributed by atoms with Gasteiger partial charge in [-0.2, -0.15) is 0 Å². The number of para-hydroxylation sites is 1. The van der Waals surface area contributed by atoms with Gasteiger partial charge in [0.2, 0.25) is 5.91 Å². The average molecular weight is 330 g/mol. The van der Waals surface area contributed by atoms with Crippen molar-refractivity contribution < 1.29 is 14.3 Å². The summed E-state index contributed by atoms with van der Waals surface area (Å²) in [6, 6.07) is 9.80. The molecule has 0 saturated carbocycles. The topological polar surface area (TPSA) is 49.9 Å². The molecule has 2 saturated heterocycles. The Hall–Kier alpha value is -1.88. The van der Waals surface area contributed by atoms with E-state index in [4.69, 9.17) is 4.74 Å². The Morgan fingerprint density at radius 3 is 2.46 bits per heavy atom. The molecule has 2 amide bonds. The first-order valence-corrected chi connectivity index (χ1v) is 8.97. The van der Waals surface area contributed by atoms with E-state index in [0.29, 0.717) is 26.2 Å². The van der Waals surface area contributed by atoms with Gasteiger partial charge in [-0.3, -0.25) is 9.59 Å². The molecule has 0 spiro atoms. The Kier molecular flexibility index (Phi) is 5.51. The van der Waals surface area contributed by atoms with Crippen molar-refractivity contribution in [2.24, 2.45) is 5.92 Å². The minimum atomic E-state index is -0.256. The highest BCUT2D eigenvalue weighted by Gasteiger charge is 2.34. The molecule has 130 valence electrons. The van der Waals surface area contributed by atoms with Crippen LogP contribution in [0.15, 0.2) is 30.3 Å². The van der Waals surface area contributed by atoms with Gasteiger partial charge in [-0.15, -0.1) is 0 Å². The fraction of sp³-hybridized carbons (Fsp3) is 0.579. The molecule has 1 atom stereocenters. The third-order valence-electron chi connectivity index (χ3n) is 5.01. The van der Waals surface area contributed by atoms with Gasteiger partial charge >= 0.3 is 0 Å². The van der Waals surface area contributed by atoms with Crippen molar-refractivity contribution in [1.82, 2.24) is 4.90 Å². The van der Waals surface area contributed by atoms with E-state index in [-0.39, 0.29) is 23.8 Å². The number of nitrogens with zero attached hydrogens (tertiary/aromatic N) is 2. The number of carbonyl (C=O) groups excluding carboxylic acids is 2. The molecule has 2 aliphatic heterocycles. The third kappa shape index (κ3) is 3.61. The second kappa shape index (κ2) is 7.79. The van der Waals surface area contributed by atoms with E-state index in [0.717, 1.165) is 31.4 Å². The van der Waals surface area contributed by atoms with Gasteiger partial charge in [0.15, 0.2) is 0 Å². The number of hydrogen-bond acceptors (Lipinski definition) is 3. The molecular weight excluding hydrogens is 304 g/mol. The summed E-state index contributed by atoms with van der Waals surface area (Å²) in [4.78, 5) is 29.0. The lowest BCUT2D eigenvalue weighted by molar-refractivity contribution is -0.143. The zero-order chi connectivity index (χ0) is 16.9. The molecule has 1 unspecified atom stereocenters. The van der Waals surface area contributed by atoms with Crippen LogP contribution in [0.3, 0.4) is 0 Å². The van der Waals surface area contributed by atoms with Gasteiger partial charge in [0, 0.05) is 37.8 Å². The molecule has 2 fully saturated rings. The Bertz CT molecular complexity index is 561. The second-order valence-corrected chi connectivity index (χ2v) is 6.52. The van der Waals surface area contributed by atoms with Gasteiger partial charge in [-0.05, 0) is 44.7 Å². The van der Waals surface area contributed by atoms with Crippen molar-refractivity contribution in [3.63, 3.8) is 0 Å². The van der Waals surface area contributed by atoms with Crippen molar-refractivity contribution in [2.75, 3.05) is 31.1 Å². The minimum absolute atomic E-state index is 0.00120. The molecule has 0 aromatic heterocycles. The van der Waals surface area contributed by atoms with Crippen LogP contribution in [-0.2, 0) is 14.3 Å². The van der Waals surface area contributed by atoms with Crippen molar-refractivity contribution in [1.29, 1.82) is 0 Å². The molecule has 24 heavy (non-hydrogen) atoms. The van der Waals surface area contributed by atoms with E-state index < -0.39 is 0 Å². The molecule has 5 nitrogen and oxygen atoms in total. The maximum atomic E-state index is 12.9. The number of likely N-dealkylation sites (tertiary alicyclic amines) is 1. The SMILES string of the molecule is CCN(C(=O)C1CCN(C(=O)C2CCCO2)CC1)c1ccccc1. The zero-order valence-corrected chi connectivity index (χ0v) is 14.3. The lowest BCUT2D eigenvalue weighted by Crippen LogP contribution is -2.47. The minimum Gasteiger partial charge on any atom is -0.368 e. The van der Waals surface area contributed by atoms with Gasteiger partial charge in [-0.25, -0.2) is 0 Å². The Morgan fingerprint density at radius 2 is 1.88 bits per heavy atom. The van der Waals surface area contributed by atoms with Crippen LogP contribution >= 0.6 is 0 Å². The summed E-state index contributed by atoms with van der Waals surface area (Å²) in [6.45, 7) is 4.66. The van der Waals surface area contributed by atoms with Crippen LogP contribution in [0.1, 0.15) is 32.6 Å². The highest BCUT2D eigenvalue weighted by molar-refractivity contribution is 5.95. The van der Waals surface area contributed by atoms with Crippen LogP contribution in [0, 0.1) is 5.92 Å². The number of carbonyl (C=O) groups is 2. The number of hydrogen-bond donors (Lipinski definition) is 0. The lowest BCUT2D eigenvalue weighted by atomic mass is 9.94. The van der Waals surface area contributed by atoms with Crippen molar-refractivity contribution in [3.8, 4) is 0 Å². The number of anilines is 1. The Morgan fingerprint density at radius 1 is 1.17 bits per heavy atom. The summed E-state index contributed by atoms with van der Waals surface area (Å²) in [6.07, 6.45) is 3.01. The predicted octanol–water partition coefficient (Wildman–Crippen LogP) is 2.46. The number of rotatable bonds is 4. The molecule has 0 N–H and O–H groups in total. The number of benzene rings is 1. The summed E-state index contributed by atoms with van der Waals surface area (Å²) < 4.78 is 5.49. The maximum Gasteiger partial charge on any atom is 0.251 e. The molecule has 0 aliphatic carbocycles. The molecule has 3 rings (SSSR count). The Labute approximate surface area is 143 Å². The molecule has 1 aromatic carbocycles. The summed E-state index contributed by atoms with van der Waals surface area (Å²) in [7, 11) is 0. The first-order chi connectivity index (χ1) is 11.7. The van der Waals surface area contributed by atoms with E-state index in [1.165, 1.54) is 0 Å². The van der Waals surface area contributed by atoms with E-state index in [1.807, 2.05) is 47.1 Å². The first kappa shape index (κ1) is 17.0. The van der Waals surface area contributed by atoms with Crippen molar-refractivity contribution in [3.05, 3.63) is 30.3 Å². The largest absolute Gasteiger partial charge is 0.368 e. The number of ether oxygens (including phenoxy) is 1. The molecule has 0 radical (unpaired) electrons. The molecular formula is C19H26N2O3. The monoisotopic (exact) mass is 330 g/mol. The second-order valence-electron chi connectivity index (χ2n) is 6.52. The maximum absolute atomic E-state index is 12.9. The smallest absolute Gasteiger partial charge is 0.251 e. The molecule has 2 aliphatic rings. The third-order valence-corrected chi connectivity index (χ3v) is 5.01. The average Bonchev–Trinajstić information content (AvgIpc) is 3.17. The summed E-state index contributed by atoms with van der Waals surface area (Å²) in [5, 5.41) is 0. The summed E-state index contributed by atoms with van der Waals surface area (Å²) in [5.74, 6) is 0.278. The van der Waals surface area contributed by atoms with Crippen molar-refractivity contribution >= 4 is 17.5 Å². The number of amides is 2. The van der Waals surface area contributed by atoms with Crippen LogP contribution in [0.5, 0.6) is 0 Å². The highest BCUT2D eigenvalue weighted by Crippen LogP contribution is 2.25. The lowest BCUT2D eigenvalue weighted by Gasteiger charge is -2.35. The van der Waals surface area contributed by atoms with Gasteiger partial charge in [0.05, 0.1) is 0 Å². The predicted molar refractivity (Wildman–Crippen MR) is 92.7 cm³/mol.